The number of nitrogens with zero attached hydrogens (tertiary/aromatic N) is 2. The number of fused-ring (bicyclic) bond motifs is 1. The lowest BCUT2D eigenvalue weighted by atomic mass is 10.1. The minimum absolute atomic E-state index is 0.0656. The van der Waals surface area contributed by atoms with Gasteiger partial charge in [0.25, 0.3) is 5.91 Å². The standard InChI is InChI=1S/C15H17N3O/c1-18(10-11-8-16-17-9-11)15(19)14-6-5-12-3-2-4-13(12)7-14/h5-9H,2-4,10H2,1H3,(H,16,17). The van der Waals surface area contributed by atoms with Crippen LogP contribution in [0.3, 0.4) is 0 Å². The van der Waals surface area contributed by atoms with Crippen molar-refractivity contribution in [1.82, 2.24) is 15.1 Å². The van der Waals surface area contributed by atoms with Gasteiger partial charge in [-0.15, -0.1) is 0 Å². The molecule has 1 aliphatic rings. The van der Waals surface area contributed by atoms with Crippen molar-refractivity contribution in [2.45, 2.75) is 25.8 Å². The highest BCUT2D eigenvalue weighted by Crippen LogP contribution is 2.23. The fourth-order valence-electron chi connectivity index (χ4n) is 2.64. The van der Waals surface area contributed by atoms with Crippen LogP contribution in [0.2, 0.25) is 0 Å². The molecule has 3 rings (SSSR count). The van der Waals surface area contributed by atoms with Crippen molar-refractivity contribution in [1.29, 1.82) is 0 Å². The van der Waals surface area contributed by atoms with Crippen molar-refractivity contribution in [3.05, 3.63) is 52.8 Å². The average molecular weight is 255 g/mol. The molecule has 0 aliphatic heterocycles. The first-order valence-electron chi connectivity index (χ1n) is 6.59. The molecule has 0 saturated carbocycles. The normalized spacial score (nSPS) is 13.3. The highest BCUT2D eigenvalue weighted by molar-refractivity contribution is 5.94. The molecule has 0 radical (unpaired) electrons. The van der Waals surface area contributed by atoms with E-state index in [0.717, 1.165) is 24.0 Å². The topological polar surface area (TPSA) is 49.0 Å². The van der Waals surface area contributed by atoms with Crippen molar-refractivity contribution in [2.75, 3.05) is 7.05 Å². The zero-order chi connectivity index (χ0) is 13.2. The Morgan fingerprint density at radius 3 is 3.00 bits per heavy atom. The van der Waals surface area contributed by atoms with Gasteiger partial charge in [-0.3, -0.25) is 9.89 Å². The van der Waals surface area contributed by atoms with E-state index in [2.05, 4.69) is 22.3 Å². The summed E-state index contributed by atoms with van der Waals surface area (Å²) >= 11 is 0. The molecule has 19 heavy (non-hydrogen) atoms. The third-order valence-electron chi connectivity index (χ3n) is 3.67. The molecule has 4 nitrogen and oxygen atoms in total. The monoisotopic (exact) mass is 255 g/mol. The Morgan fingerprint density at radius 1 is 1.37 bits per heavy atom. The molecule has 4 heteroatoms. The summed E-state index contributed by atoms with van der Waals surface area (Å²) in [6.45, 7) is 0.576. The van der Waals surface area contributed by atoms with Gasteiger partial charge in [0, 0.05) is 30.9 Å². The van der Waals surface area contributed by atoms with E-state index >= 15 is 0 Å². The lowest BCUT2D eigenvalue weighted by Gasteiger charge is -2.16. The second kappa shape index (κ2) is 4.88. The van der Waals surface area contributed by atoms with Crippen LogP contribution in [-0.4, -0.2) is 28.1 Å². The van der Waals surface area contributed by atoms with Crippen LogP contribution in [0.1, 0.15) is 33.5 Å². The first-order chi connectivity index (χ1) is 9.24. The molecule has 0 fully saturated rings. The Labute approximate surface area is 112 Å². The Balaban J connectivity index is 1.76. The fraction of sp³-hybridized carbons (Fsp3) is 0.333. The van der Waals surface area contributed by atoms with Crippen LogP contribution >= 0.6 is 0 Å². The highest BCUT2D eigenvalue weighted by Gasteiger charge is 2.16. The number of rotatable bonds is 3. The van der Waals surface area contributed by atoms with Gasteiger partial charge in [-0.05, 0) is 42.5 Å². The maximum atomic E-state index is 12.4. The lowest BCUT2D eigenvalue weighted by Crippen LogP contribution is -2.26. The fourth-order valence-corrected chi connectivity index (χ4v) is 2.64. The lowest BCUT2D eigenvalue weighted by molar-refractivity contribution is 0.0785. The molecule has 1 N–H and O–H groups in total. The number of benzene rings is 1. The number of hydrogen-bond donors (Lipinski definition) is 1. The van der Waals surface area contributed by atoms with E-state index in [1.54, 1.807) is 11.1 Å². The van der Waals surface area contributed by atoms with Gasteiger partial charge in [0.2, 0.25) is 0 Å². The Morgan fingerprint density at radius 2 is 2.21 bits per heavy atom. The van der Waals surface area contributed by atoms with E-state index < -0.39 is 0 Å². The van der Waals surface area contributed by atoms with E-state index in [9.17, 15) is 4.79 Å². The Hall–Kier alpha value is -2.10. The van der Waals surface area contributed by atoms with Crippen LogP contribution in [0, 0.1) is 0 Å². The molecule has 1 aromatic carbocycles. The van der Waals surface area contributed by atoms with Crippen LogP contribution in [0.4, 0.5) is 0 Å². The van der Waals surface area contributed by atoms with Gasteiger partial charge < -0.3 is 4.90 Å². The van der Waals surface area contributed by atoms with Crippen LogP contribution in [0.15, 0.2) is 30.6 Å². The van der Waals surface area contributed by atoms with Crippen molar-refractivity contribution in [3.8, 4) is 0 Å². The first kappa shape index (κ1) is 12.0. The summed E-state index contributed by atoms with van der Waals surface area (Å²) in [7, 11) is 1.82. The van der Waals surface area contributed by atoms with Crippen LogP contribution < -0.4 is 0 Å². The Bertz CT molecular complexity index is 589. The molecular weight excluding hydrogens is 238 g/mol. The van der Waals surface area contributed by atoms with Crippen LogP contribution in [-0.2, 0) is 19.4 Å². The molecule has 1 aliphatic carbocycles. The van der Waals surface area contributed by atoms with E-state index in [4.69, 9.17) is 0 Å². The summed E-state index contributed by atoms with van der Waals surface area (Å²) in [5.41, 5.74) is 4.53. The van der Waals surface area contributed by atoms with Gasteiger partial charge in [0.05, 0.1) is 6.20 Å². The second-order valence-corrected chi connectivity index (χ2v) is 5.10. The molecule has 1 amide bonds. The third kappa shape index (κ3) is 2.38. The van der Waals surface area contributed by atoms with Gasteiger partial charge in [-0.2, -0.15) is 5.10 Å². The summed E-state index contributed by atoms with van der Waals surface area (Å²) in [5, 5.41) is 6.65. The van der Waals surface area contributed by atoms with Crippen molar-refractivity contribution in [3.63, 3.8) is 0 Å². The summed E-state index contributed by atoms with van der Waals surface area (Å²) in [6, 6.07) is 6.09. The summed E-state index contributed by atoms with van der Waals surface area (Å²) < 4.78 is 0. The van der Waals surface area contributed by atoms with Gasteiger partial charge in [-0.1, -0.05) is 6.07 Å². The maximum absolute atomic E-state index is 12.4. The van der Waals surface area contributed by atoms with Crippen molar-refractivity contribution in [2.24, 2.45) is 0 Å². The molecule has 98 valence electrons. The number of H-pyrrole nitrogens is 1. The highest BCUT2D eigenvalue weighted by atomic mass is 16.2. The van der Waals surface area contributed by atoms with Crippen LogP contribution in [0.25, 0.3) is 0 Å². The quantitative estimate of drug-likeness (QED) is 0.913. The zero-order valence-electron chi connectivity index (χ0n) is 11.0. The number of aromatic amines is 1. The Kier molecular flexibility index (Phi) is 3.07. The molecule has 1 heterocycles. The predicted molar refractivity (Wildman–Crippen MR) is 72.9 cm³/mol. The van der Waals surface area contributed by atoms with E-state index in [0.29, 0.717) is 6.54 Å². The summed E-state index contributed by atoms with van der Waals surface area (Å²) in [4.78, 5) is 14.1. The van der Waals surface area contributed by atoms with Crippen molar-refractivity contribution >= 4 is 5.91 Å². The van der Waals surface area contributed by atoms with E-state index in [1.165, 1.54) is 17.5 Å². The number of carbonyl (C=O) groups excluding carboxylic acids is 1. The zero-order valence-corrected chi connectivity index (χ0v) is 11.0. The summed E-state index contributed by atoms with van der Waals surface area (Å²) in [5.74, 6) is 0.0656. The van der Waals surface area contributed by atoms with Gasteiger partial charge in [0.15, 0.2) is 0 Å². The predicted octanol–water partition coefficient (Wildman–Crippen LogP) is 2.17. The van der Waals surface area contributed by atoms with Crippen molar-refractivity contribution < 1.29 is 4.79 Å². The first-order valence-corrected chi connectivity index (χ1v) is 6.59. The van der Waals surface area contributed by atoms with E-state index in [1.807, 2.05) is 19.3 Å². The van der Waals surface area contributed by atoms with Gasteiger partial charge in [-0.25, -0.2) is 0 Å². The molecule has 0 spiro atoms. The largest absolute Gasteiger partial charge is 0.337 e. The molecule has 0 saturated heterocycles. The molecule has 0 bridgehead atoms. The third-order valence-corrected chi connectivity index (χ3v) is 3.67. The molecular formula is C15H17N3O. The number of carbonyl (C=O) groups is 1. The number of hydrogen-bond acceptors (Lipinski definition) is 2. The van der Waals surface area contributed by atoms with Crippen LogP contribution in [0.5, 0.6) is 0 Å². The minimum atomic E-state index is 0.0656. The molecule has 0 atom stereocenters. The number of nitrogens with one attached hydrogen (secondary N) is 1. The summed E-state index contributed by atoms with van der Waals surface area (Å²) in [6.07, 6.45) is 7.01. The van der Waals surface area contributed by atoms with Gasteiger partial charge in [0.1, 0.15) is 0 Å². The number of amides is 1. The van der Waals surface area contributed by atoms with Gasteiger partial charge >= 0.3 is 0 Å². The molecule has 2 aromatic rings. The average Bonchev–Trinajstić information content (AvgIpc) is 3.07. The van der Waals surface area contributed by atoms with E-state index in [-0.39, 0.29) is 5.91 Å². The SMILES string of the molecule is CN(Cc1cn[nH]c1)C(=O)c1ccc2c(c1)CCC2. The minimum Gasteiger partial charge on any atom is -0.337 e. The number of aryl methyl sites for hydroxylation is 2. The second-order valence-electron chi connectivity index (χ2n) is 5.10. The smallest absolute Gasteiger partial charge is 0.253 e. The maximum Gasteiger partial charge on any atom is 0.253 e. The molecule has 0 unspecified atom stereocenters. The number of aromatic nitrogens is 2. The molecule has 1 aromatic heterocycles.